The van der Waals surface area contributed by atoms with Gasteiger partial charge in [0.2, 0.25) is 0 Å². The minimum atomic E-state index is -4.21. The van der Waals surface area contributed by atoms with E-state index < -0.39 is 23.7 Å². The second-order valence-corrected chi connectivity index (χ2v) is 8.81. The van der Waals surface area contributed by atoms with E-state index in [0.717, 1.165) is 31.4 Å². The smallest absolute Gasteiger partial charge is 0.389 e. The molecule has 0 radical (unpaired) electrons. The van der Waals surface area contributed by atoms with Crippen LogP contribution < -0.4 is 10.5 Å². The molecule has 1 fully saturated rings. The molecule has 2 aliphatic rings. The number of rotatable bonds is 6. The highest BCUT2D eigenvalue weighted by atomic mass is 32.2. The number of aliphatic hydroxyl groups excluding tert-OH is 1. The largest absolute Gasteiger partial charge is 0.488 e. The Morgan fingerprint density at radius 2 is 2.06 bits per heavy atom. The summed E-state index contributed by atoms with van der Waals surface area (Å²) in [7, 11) is 0. The van der Waals surface area contributed by atoms with E-state index in [0.29, 0.717) is 19.0 Å². The third kappa shape index (κ3) is 8.66. The SMILES string of the molecule is NC(=O)N1CCCC(Oc2cccc3c2CC(CO)C3)C1.O=S(O)CCCC(F)(F)F. The van der Waals surface area contributed by atoms with Crippen molar-refractivity contribution in [3.8, 4) is 5.75 Å². The van der Waals surface area contributed by atoms with Crippen molar-refractivity contribution >= 4 is 17.1 Å². The maximum Gasteiger partial charge on any atom is 0.389 e. The first-order chi connectivity index (χ1) is 14.6. The van der Waals surface area contributed by atoms with Crippen molar-refractivity contribution in [2.24, 2.45) is 11.7 Å². The Hall–Kier alpha value is -1.85. The number of ether oxygens (including phenoxy) is 1. The van der Waals surface area contributed by atoms with Gasteiger partial charge in [0.05, 0.1) is 6.54 Å². The van der Waals surface area contributed by atoms with E-state index in [1.54, 1.807) is 4.90 Å². The Labute approximate surface area is 182 Å². The summed E-state index contributed by atoms with van der Waals surface area (Å²) in [6.07, 6.45) is -1.83. The first-order valence-corrected chi connectivity index (χ1v) is 11.4. The molecule has 1 heterocycles. The molecule has 1 aromatic carbocycles. The molecule has 2 amide bonds. The van der Waals surface area contributed by atoms with Crippen LogP contribution in [0.1, 0.15) is 36.8 Å². The Morgan fingerprint density at radius 1 is 1.32 bits per heavy atom. The fourth-order valence-corrected chi connectivity index (χ4v) is 4.15. The van der Waals surface area contributed by atoms with Crippen LogP contribution in [0.4, 0.5) is 18.0 Å². The monoisotopic (exact) mass is 466 g/mol. The van der Waals surface area contributed by atoms with Crippen LogP contribution in [0, 0.1) is 5.92 Å². The molecule has 0 bridgehead atoms. The van der Waals surface area contributed by atoms with E-state index in [9.17, 15) is 27.3 Å². The summed E-state index contributed by atoms with van der Waals surface area (Å²) in [6, 6.07) is 5.72. The highest BCUT2D eigenvalue weighted by Gasteiger charge is 2.28. The molecule has 31 heavy (non-hydrogen) atoms. The number of nitrogens with zero attached hydrogens (tertiary/aromatic N) is 1. The number of alkyl halides is 3. The molecule has 3 rings (SSSR count). The lowest BCUT2D eigenvalue weighted by Crippen LogP contribution is -2.46. The number of hydrogen-bond acceptors (Lipinski definition) is 4. The summed E-state index contributed by atoms with van der Waals surface area (Å²) in [5, 5.41) is 9.35. The summed E-state index contributed by atoms with van der Waals surface area (Å²) in [5.41, 5.74) is 7.84. The van der Waals surface area contributed by atoms with Crippen molar-refractivity contribution in [3.05, 3.63) is 29.3 Å². The van der Waals surface area contributed by atoms with E-state index in [2.05, 4.69) is 6.07 Å². The topological polar surface area (TPSA) is 113 Å². The number of primary amides is 1. The zero-order valence-electron chi connectivity index (χ0n) is 17.1. The van der Waals surface area contributed by atoms with E-state index in [1.807, 2.05) is 12.1 Å². The molecule has 11 heteroatoms. The Morgan fingerprint density at radius 3 is 2.68 bits per heavy atom. The molecule has 1 aliphatic carbocycles. The van der Waals surface area contributed by atoms with Gasteiger partial charge in [0.15, 0.2) is 11.1 Å². The minimum Gasteiger partial charge on any atom is -0.488 e. The van der Waals surface area contributed by atoms with Crippen molar-refractivity contribution < 1.29 is 36.6 Å². The number of benzene rings is 1. The number of hydrogen-bond donors (Lipinski definition) is 3. The predicted molar refractivity (Wildman–Crippen MR) is 110 cm³/mol. The van der Waals surface area contributed by atoms with Crippen LogP contribution in [0.25, 0.3) is 0 Å². The average Bonchev–Trinajstić information content (AvgIpc) is 3.12. The fraction of sp³-hybridized carbons (Fsp3) is 0.650. The van der Waals surface area contributed by atoms with Gasteiger partial charge in [-0.1, -0.05) is 12.1 Å². The fourth-order valence-electron chi connectivity index (χ4n) is 3.76. The van der Waals surface area contributed by atoms with Crippen LogP contribution in [0.15, 0.2) is 18.2 Å². The number of fused-ring (bicyclic) bond motifs is 1. The third-order valence-electron chi connectivity index (χ3n) is 5.25. The molecule has 7 nitrogen and oxygen atoms in total. The first kappa shape index (κ1) is 25.4. The van der Waals surface area contributed by atoms with Gasteiger partial charge in [0.1, 0.15) is 11.9 Å². The molecule has 1 aliphatic heterocycles. The number of halogens is 3. The number of amides is 2. The lowest BCUT2D eigenvalue weighted by atomic mass is 10.1. The summed E-state index contributed by atoms with van der Waals surface area (Å²) in [4.78, 5) is 12.9. The normalized spacial score (nSPS) is 21.6. The molecule has 1 saturated heterocycles. The van der Waals surface area contributed by atoms with Crippen molar-refractivity contribution in [2.45, 2.75) is 50.8 Å². The third-order valence-corrected chi connectivity index (χ3v) is 5.89. The van der Waals surface area contributed by atoms with Crippen LogP contribution >= 0.6 is 0 Å². The van der Waals surface area contributed by atoms with Crippen molar-refractivity contribution in [2.75, 3.05) is 25.4 Å². The van der Waals surface area contributed by atoms with E-state index in [-0.39, 0.29) is 30.9 Å². The summed E-state index contributed by atoms with van der Waals surface area (Å²) >= 11 is -2.10. The predicted octanol–water partition coefficient (Wildman–Crippen LogP) is 2.87. The molecule has 176 valence electrons. The summed E-state index contributed by atoms with van der Waals surface area (Å²) in [5.74, 6) is 0.900. The molecule has 0 saturated carbocycles. The molecule has 0 spiro atoms. The van der Waals surface area contributed by atoms with Crippen molar-refractivity contribution in [1.82, 2.24) is 4.90 Å². The van der Waals surface area contributed by atoms with Crippen LogP contribution in [0.2, 0.25) is 0 Å². The Kier molecular flexibility index (Phi) is 9.57. The average molecular weight is 467 g/mol. The quantitative estimate of drug-likeness (QED) is 0.558. The van der Waals surface area contributed by atoms with Gasteiger partial charge in [-0.15, -0.1) is 0 Å². The number of nitrogens with two attached hydrogens (primary N) is 1. The zero-order chi connectivity index (χ0) is 23.0. The van der Waals surface area contributed by atoms with E-state index in [1.165, 1.54) is 11.1 Å². The summed E-state index contributed by atoms with van der Waals surface area (Å²) in [6.45, 7) is 1.49. The van der Waals surface area contributed by atoms with Crippen LogP contribution in [0.3, 0.4) is 0 Å². The van der Waals surface area contributed by atoms with Gasteiger partial charge in [-0.2, -0.15) is 13.2 Å². The summed E-state index contributed by atoms with van der Waals surface area (Å²) < 4.78 is 58.0. The zero-order valence-corrected chi connectivity index (χ0v) is 18.0. The van der Waals surface area contributed by atoms with Crippen molar-refractivity contribution in [3.63, 3.8) is 0 Å². The number of carbonyl (C=O) groups is 1. The van der Waals surface area contributed by atoms with Gasteiger partial charge < -0.3 is 25.0 Å². The molecule has 3 unspecified atom stereocenters. The second kappa shape index (κ2) is 11.7. The highest BCUT2D eigenvalue weighted by molar-refractivity contribution is 7.79. The Balaban J connectivity index is 0.000000291. The number of aliphatic hydroxyl groups is 1. The van der Waals surface area contributed by atoms with Crippen LogP contribution in [-0.4, -0.2) is 62.5 Å². The lowest BCUT2D eigenvalue weighted by molar-refractivity contribution is -0.134. The number of urea groups is 1. The van der Waals surface area contributed by atoms with Crippen LogP contribution in [-0.2, 0) is 23.9 Å². The van der Waals surface area contributed by atoms with E-state index >= 15 is 0 Å². The van der Waals surface area contributed by atoms with Gasteiger partial charge in [-0.3, -0.25) is 0 Å². The molecule has 0 aromatic heterocycles. The highest BCUT2D eigenvalue weighted by Crippen LogP contribution is 2.34. The van der Waals surface area contributed by atoms with Gasteiger partial charge in [0, 0.05) is 25.3 Å². The van der Waals surface area contributed by atoms with Gasteiger partial charge in [-0.05, 0) is 55.2 Å². The maximum absolute atomic E-state index is 11.3. The molecule has 3 atom stereocenters. The lowest BCUT2D eigenvalue weighted by Gasteiger charge is -2.32. The van der Waals surface area contributed by atoms with Crippen molar-refractivity contribution in [1.29, 1.82) is 0 Å². The first-order valence-electron chi connectivity index (χ1n) is 10.2. The molecule has 4 N–H and O–H groups in total. The van der Waals surface area contributed by atoms with Gasteiger partial charge >= 0.3 is 12.2 Å². The molecule has 1 aromatic rings. The Bertz CT molecular complexity index is 763. The minimum absolute atomic E-state index is 0.00549. The molecular formula is C20H29F3N2O5S. The molecular weight excluding hydrogens is 437 g/mol. The van der Waals surface area contributed by atoms with E-state index in [4.69, 9.17) is 15.0 Å². The number of piperidine rings is 1. The van der Waals surface area contributed by atoms with Gasteiger partial charge in [-0.25, -0.2) is 9.00 Å². The van der Waals surface area contributed by atoms with Crippen LogP contribution in [0.5, 0.6) is 5.75 Å². The number of carbonyl (C=O) groups excluding carboxylic acids is 1. The van der Waals surface area contributed by atoms with Gasteiger partial charge in [0.25, 0.3) is 0 Å². The maximum atomic E-state index is 11.3. The standard InChI is InChI=1S/C16H22N2O3.C4H7F3O2S/c17-16(20)18-6-2-4-13(9-18)21-15-5-1-3-12-7-11(10-19)8-14(12)15;5-4(6,7)2-1-3-10(8)9/h1,3,5,11,13,19H,2,4,6-10H2,(H2,17,20);1-3H2,(H,8,9). The number of likely N-dealkylation sites (tertiary alicyclic amines) is 1. The second-order valence-electron chi connectivity index (χ2n) is 7.76.